The minimum Gasteiger partial charge on any atom is -0.439 e. The first-order valence-electron chi connectivity index (χ1n) is 11.7. The SMILES string of the molecule is O=C(CC12CC3CC(CC(C3)C1)C2)Nc1ccc(Oc2cc(-n3cccc3)ncn2)cc1. The Morgan fingerprint density at radius 1 is 1.00 bits per heavy atom. The third kappa shape index (κ3) is 3.90. The molecule has 6 heteroatoms. The molecule has 6 nitrogen and oxygen atoms in total. The molecule has 2 heterocycles. The average Bonchev–Trinajstić information content (AvgIpc) is 3.29. The third-order valence-corrected chi connectivity index (χ3v) is 7.56. The van der Waals surface area contributed by atoms with Gasteiger partial charge in [0.05, 0.1) is 0 Å². The Bertz CT molecular complexity index is 1070. The first-order chi connectivity index (χ1) is 15.6. The Labute approximate surface area is 188 Å². The maximum Gasteiger partial charge on any atom is 0.224 e. The summed E-state index contributed by atoms with van der Waals surface area (Å²) in [6.07, 6.45) is 14.0. The lowest BCUT2D eigenvalue weighted by Crippen LogP contribution is -2.47. The van der Waals surface area contributed by atoms with Crippen LogP contribution in [0.15, 0.2) is 61.2 Å². The van der Waals surface area contributed by atoms with Crippen LogP contribution in [0.3, 0.4) is 0 Å². The van der Waals surface area contributed by atoms with Gasteiger partial charge in [-0.3, -0.25) is 4.79 Å². The molecule has 1 N–H and O–H groups in total. The van der Waals surface area contributed by atoms with E-state index in [1.54, 1.807) is 6.07 Å². The Morgan fingerprint density at radius 2 is 1.66 bits per heavy atom. The Kier molecular flexibility index (Phi) is 4.74. The molecule has 164 valence electrons. The molecule has 32 heavy (non-hydrogen) atoms. The van der Waals surface area contributed by atoms with Gasteiger partial charge in [0, 0.05) is 30.6 Å². The van der Waals surface area contributed by atoms with Gasteiger partial charge in [0.25, 0.3) is 0 Å². The van der Waals surface area contributed by atoms with Crippen molar-refractivity contribution >= 4 is 11.6 Å². The first kappa shape index (κ1) is 19.5. The van der Waals surface area contributed by atoms with Gasteiger partial charge >= 0.3 is 0 Å². The second-order valence-electron chi connectivity index (χ2n) is 10.1. The molecule has 0 aliphatic heterocycles. The lowest BCUT2D eigenvalue weighted by molar-refractivity contribution is -0.124. The second kappa shape index (κ2) is 7.76. The highest BCUT2D eigenvalue weighted by Crippen LogP contribution is 2.61. The van der Waals surface area contributed by atoms with Crippen molar-refractivity contribution < 1.29 is 9.53 Å². The summed E-state index contributed by atoms with van der Waals surface area (Å²) in [4.78, 5) is 21.3. The van der Waals surface area contributed by atoms with Crippen molar-refractivity contribution in [1.82, 2.24) is 14.5 Å². The Hall–Kier alpha value is -3.15. The summed E-state index contributed by atoms with van der Waals surface area (Å²) in [6, 6.07) is 13.2. The summed E-state index contributed by atoms with van der Waals surface area (Å²) in [7, 11) is 0. The molecule has 2 aromatic heterocycles. The summed E-state index contributed by atoms with van der Waals surface area (Å²) in [5.74, 6) is 4.63. The number of benzene rings is 1. The van der Waals surface area contributed by atoms with Crippen LogP contribution in [0, 0.1) is 23.2 Å². The molecule has 4 bridgehead atoms. The molecule has 4 fully saturated rings. The van der Waals surface area contributed by atoms with Crippen LogP contribution < -0.4 is 10.1 Å². The van der Waals surface area contributed by atoms with Crippen LogP contribution in [-0.4, -0.2) is 20.4 Å². The maximum atomic E-state index is 12.9. The van der Waals surface area contributed by atoms with Crippen molar-refractivity contribution in [3.63, 3.8) is 0 Å². The van der Waals surface area contributed by atoms with Gasteiger partial charge in [-0.15, -0.1) is 0 Å². The number of nitrogens with one attached hydrogen (secondary N) is 1. The van der Waals surface area contributed by atoms with Crippen LogP contribution in [0.1, 0.15) is 44.9 Å². The van der Waals surface area contributed by atoms with Gasteiger partial charge in [0.15, 0.2) is 0 Å². The minimum absolute atomic E-state index is 0.146. The highest BCUT2D eigenvalue weighted by molar-refractivity contribution is 5.91. The number of anilines is 1. The number of hydrogen-bond acceptors (Lipinski definition) is 4. The largest absolute Gasteiger partial charge is 0.439 e. The van der Waals surface area contributed by atoms with E-state index in [1.165, 1.54) is 44.9 Å². The van der Waals surface area contributed by atoms with Gasteiger partial charge in [0.2, 0.25) is 11.8 Å². The lowest BCUT2D eigenvalue weighted by atomic mass is 9.49. The Morgan fingerprint density at radius 3 is 2.31 bits per heavy atom. The second-order valence-corrected chi connectivity index (χ2v) is 10.1. The van der Waals surface area contributed by atoms with Gasteiger partial charge in [-0.05, 0) is 98.1 Å². The third-order valence-electron chi connectivity index (χ3n) is 7.56. The van der Waals surface area contributed by atoms with Crippen LogP contribution in [0.25, 0.3) is 5.82 Å². The van der Waals surface area contributed by atoms with Crippen molar-refractivity contribution in [2.45, 2.75) is 44.9 Å². The van der Waals surface area contributed by atoms with Gasteiger partial charge < -0.3 is 14.6 Å². The molecule has 3 aromatic rings. The minimum atomic E-state index is 0.146. The normalized spacial score (nSPS) is 27.9. The van der Waals surface area contributed by atoms with Crippen molar-refractivity contribution in [2.24, 2.45) is 23.2 Å². The Balaban J connectivity index is 1.08. The van der Waals surface area contributed by atoms with Crippen LogP contribution in [-0.2, 0) is 4.79 Å². The molecule has 0 unspecified atom stereocenters. The van der Waals surface area contributed by atoms with E-state index in [2.05, 4.69) is 15.3 Å². The zero-order valence-electron chi connectivity index (χ0n) is 18.1. The van der Waals surface area contributed by atoms with Crippen molar-refractivity contribution in [2.75, 3.05) is 5.32 Å². The fourth-order valence-corrected chi connectivity index (χ4v) is 6.79. The van der Waals surface area contributed by atoms with Crippen LogP contribution in [0.5, 0.6) is 11.6 Å². The fraction of sp³-hybridized carbons (Fsp3) is 0.423. The summed E-state index contributed by atoms with van der Waals surface area (Å²) < 4.78 is 7.79. The van der Waals surface area contributed by atoms with E-state index < -0.39 is 0 Å². The quantitative estimate of drug-likeness (QED) is 0.554. The van der Waals surface area contributed by atoms with Crippen molar-refractivity contribution in [3.8, 4) is 17.4 Å². The van der Waals surface area contributed by atoms with Crippen molar-refractivity contribution in [3.05, 3.63) is 61.2 Å². The zero-order chi connectivity index (χ0) is 21.5. The molecule has 4 aliphatic rings. The van der Waals surface area contributed by atoms with E-state index in [0.29, 0.717) is 18.1 Å². The van der Waals surface area contributed by atoms with Gasteiger partial charge in [0.1, 0.15) is 17.9 Å². The standard InChI is InChI=1S/C26H28N4O2/c31-24(16-26-13-18-9-19(14-26)11-20(10-18)15-26)29-21-3-5-22(6-4-21)32-25-12-23(27-17-28-25)30-7-1-2-8-30/h1-8,12,17-20H,9-11,13-16H2,(H,29,31). The number of rotatable bonds is 6. The highest BCUT2D eigenvalue weighted by Gasteiger charge is 2.51. The lowest BCUT2D eigenvalue weighted by Gasteiger charge is -2.56. The number of carbonyl (C=O) groups excluding carboxylic acids is 1. The smallest absolute Gasteiger partial charge is 0.224 e. The molecular weight excluding hydrogens is 400 g/mol. The van der Waals surface area contributed by atoms with Gasteiger partial charge in [-0.25, -0.2) is 9.97 Å². The van der Waals surface area contributed by atoms with Crippen LogP contribution in [0.2, 0.25) is 0 Å². The number of nitrogens with zero attached hydrogens (tertiary/aromatic N) is 3. The predicted molar refractivity (Wildman–Crippen MR) is 122 cm³/mol. The molecule has 4 saturated carbocycles. The van der Waals surface area contributed by atoms with Crippen molar-refractivity contribution in [1.29, 1.82) is 0 Å². The monoisotopic (exact) mass is 428 g/mol. The number of amides is 1. The maximum absolute atomic E-state index is 12.9. The molecule has 0 spiro atoms. The molecular formula is C26H28N4O2. The van der Waals surface area contributed by atoms with Crippen LogP contribution in [0.4, 0.5) is 5.69 Å². The molecule has 1 amide bonds. The molecule has 0 atom stereocenters. The molecule has 7 rings (SSSR count). The summed E-state index contributed by atoms with van der Waals surface area (Å²) in [5.41, 5.74) is 1.06. The summed E-state index contributed by atoms with van der Waals surface area (Å²) >= 11 is 0. The van der Waals surface area contributed by atoms with E-state index in [9.17, 15) is 4.79 Å². The number of carbonyl (C=O) groups is 1. The first-order valence-corrected chi connectivity index (χ1v) is 11.7. The molecule has 4 aliphatic carbocycles. The van der Waals surface area contributed by atoms with E-state index in [0.717, 1.165) is 29.3 Å². The van der Waals surface area contributed by atoms with Crippen LogP contribution >= 0.6 is 0 Å². The van der Waals surface area contributed by atoms with E-state index in [-0.39, 0.29) is 11.3 Å². The summed E-state index contributed by atoms with van der Waals surface area (Å²) in [5, 5.41) is 3.11. The topological polar surface area (TPSA) is 69.0 Å². The molecule has 0 radical (unpaired) electrons. The number of aromatic nitrogens is 3. The van der Waals surface area contributed by atoms with Gasteiger partial charge in [-0.1, -0.05) is 0 Å². The molecule has 1 aromatic carbocycles. The number of hydrogen-bond donors (Lipinski definition) is 1. The predicted octanol–water partition coefficient (Wildman–Crippen LogP) is 5.60. The molecule has 0 saturated heterocycles. The average molecular weight is 429 g/mol. The van der Waals surface area contributed by atoms with E-state index in [1.807, 2.05) is 53.4 Å². The van der Waals surface area contributed by atoms with Gasteiger partial charge in [-0.2, -0.15) is 0 Å². The summed E-state index contributed by atoms with van der Waals surface area (Å²) in [6.45, 7) is 0. The number of ether oxygens (including phenoxy) is 1. The van der Waals surface area contributed by atoms with E-state index in [4.69, 9.17) is 4.74 Å². The highest BCUT2D eigenvalue weighted by atomic mass is 16.5. The zero-order valence-corrected chi connectivity index (χ0v) is 18.1. The van der Waals surface area contributed by atoms with E-state index >= 15 is 0 Å². The fourth-order valence-electron chi connectivity index (χ4n) is 6.79.